The molecule has 0 radical (unpaired) electrons. The molecule has 120 valence electrons. The van der Waals surface area contributed by atoms with Gasteiger partial charge in [-0.05, 0) is 45.3 Å². The van der Waals surface area contributed by atoms with Crippen LogP contribution in [0.2, 0.25) is 0 Å². The van der Waals surface area contributed by atoms with Gasteiger partial charge in [0.25, 0.3) is 0 Å². The number of rotatable bonds is 8. The fraction of sp³-hybridized carbons (Fsp3) is 1.00. The first-order valence-corrected chi connectivity index (χ1v) is 9.04. The van der Waals surface area contributed by atoms with Crippen LogP contribution in [0, 0.1) is 0 Å². The molecular weight excluding hydrogens is 246 g/mol. The third-order valence-electron chi connectivity index (χ3n) is 4.56. The summed E-state index contributed by atoms with van der Waals surface area (Å²) in [6, 6.07) is 0. The monoisotopic (exact) mass is 283 g/mol. The van der Waals surface area contributed by atoms with Gasteiger partial charge in [0.15, 0.2) is 0 Å². The summed E-state index contributed by atoms with van der Waals surface area (Å²) in [6.45, 7) is 3.27. The third kappa shape index (κ3) is 8.93. The molecule has 0 aliphatic carbocycles. The van der Waals surface area contributed by atoms with Gasteiger partial charge >= 0.3 is 0 Å². The Hall–Kier alpha value is -0.120. The minimum Gasteiger partial charge on any atom is -0.330 e. The van der Waals surface area contributed by atoms with Gasteiger partial charge in [-0.25, -0.2) is 0 Å². The van der Waals surface area contributed by atoms with E-state index in [9.17, 15) is 0 Å². The predicted molar refractivity (Wildman–Crippen MR) is 88.6 cm³/mol. The van der Waals surface area contributed by atoms with Crippen molar-refractivity contribution in [1.29, 1.82) is 0 Å². The molecule has 1 unspecified atom stereocenters. The van der Waals surface area contributed by atoms with Crippen molar-refractivity contribution in [2.75, 3.05) is 19.6 Å². The standard InChI is InChI=1S/C17H37N3/c18-14-10-6-4-5-9-13-17(19)20-15-11-7-2-1-3-8-12-16-20/h17H,1-16,18-19H2. The molecule has 20 heavy (non-hydrogen) atoms. The van der Waals surface area contributed by atoms with Crippen LogP contribution >= 0.6 is 0 Å². The molecule has 1 saturated heterocycles. The Bertz CT molecular complexity index is 198. The summed E-state index contributed by atoms with van der Waals surface area (Å²) in [4.78, 5) is 2.55. The van der Waals surface area contributed by atoms with E-state index in [-0.39, 0.29) is 0 Å². The van der Waals surface area contributed by atoms with Gasteiger partial charge in [-0.2, -0.15) is 0 Å². The fourth-order valence-electron chi connectivity index (χ4n) is 3.17. The minimum absolute atomic E-state index is 0.295. The maximum Gasteiger partial charge on any atom is 0.0571 e. The normalized spacial score (nSPS) is 20.7. The zero-order chi connectivity index (χ0) is 14.5. The Kier molecular flexibility index (Phi) is 11.3. The molecule has 1 aliphatic heterocycles. The molecular formula is C17H37N3. The van der Waals surface area contributed by atoms with Gasteiger partial charge < -0.3 is 11.5 Å². The molecule has 1 heterocycles. The summed E-state index contributed by atoms with van der Waals surface area (Å²) in [6.07, 6.45) is 17.6. The highest BCUT2D eigenvalue weighted by atomic mass is 15.2. The lowest BCUT2D eigenvalue weighted by molar-refractivity contribution is 0.176. The Labute approximate surface area is 126 Å². The SMILES string of the molecule is NCCCCCCCC(N)N1CCCCCCCCC1. The largest absolute Gasteiger partial charge is 0.330 e. The van der Waals surface area contributed by atoms with Crippen molar-refractivity contribution in [2.24, 2.45) is 11.5 Å². The lowest BCUT2D eigenvalue weighted by Crippen LogP contribution is -2.43. The number of unbranched alkanes of at least 4 members (excludes halogenated alkanes) is 4. The first-order valence-electron chi connectivity index (χ1n) is 9.04. The molecule has 1 fully saturated rings. The van der Waals surface area contributed by atoms with Crippen LogP contribution in [0.25, 0.3) is 0 Å². The second-order valence-electron chi connectivity index (χ2n) is 6.42. The fourth-order valence-corrected chi connectivity index (χ4v) is 3.17. The van der Waals surface area contributed by atoms with E-state index in [0.717, 1.165) is 6.54 Å². The second-order valence-corrected chi connectivity index (χ2v) is 6.42. The Morgan fingerprint density at radius 1 is 0.700 bits per heavy atom. The summed E-state index contributed by atoms with van der Waals surface area (Å²) in [5, 5.41) is 0. The van der Waals surface area contributed by atoms with Crippen LogP contribution in [0.3, 0.4) is 0 Å². The molecule has 0 amide bonds. The van der Waals surface area contributed by atoms with E-state index in [1.807, 2.05) is 0 Å². The molecule has 4 N–H and O–H groups in total. The van der Waals surface area contributed by atoms with Crippen molar-refractivity contribution in [2.45, 2.75) is 89.6 Å². The molecule has 1 aliphatic rings. The summed E-state index contributed by atoms with van der Waals surface area (Å²) in [7, 11) is 0. The van der Waals surface area contributed by atoms with E-state index in [2.05, 4.69) is 4.90 Å². The molecule has 0 bridgehead atoms. The lowest BCUT2D eigenvalue weighted by Gasteiger charge is -2.29. The van der Waals surface area contributed by atoms with E-state index < -0.39 is 0 Å². The van der Waals surface area contributed by atoms with Crippen LogP contribution in [0.4, 0.5) is 0 Å². The summed E-state index contributed by atoms with van der Waals surface area (Å²) in [5.41, 5.74) is 11.9. The highest BCUT2D eigenvalue weighted by Gasteiger charge is 2.13. The van der Waals surface area contributed by atoms with Crippen LogP contribution in [-0.4, -0.2) is 30.7 Å². The van der Waals surface area contributed by atoms with E-state index in [1.165, 1.54) is 96.6 Å². The van der Waals surface area contributed by atoms with Crippen LogP contribution in [0.1, 0.15) is 83.5 Å². The zero-order valence-corrected chi connectivity index (χ0v) is 13.5. The van der Waals surface area contributed by atoms with E-state index in [1.54, 1.807) is 0 Å². The molecule has 1 rings (SSSR count). The van der Waals surface area contributed by atoms with Crippen LogP contribution in [-0.2, 0) is 0 Å². The average Bonchev–Trinajstić information content (AvgIpc) is 2.48. The van der Waals surface area contributed by atoms with Crippen molar-refractivity contribution in [3.8, 4) is 0 Å². The number of hydrogen-bond donors (Lipinski definition) is 2. The number of nitrogens with zero attached hydrogens (tertiary/aromatic N) is 1. The van der Waals surface area contributed by atoms with Crippen LogP contribution < -0.4 is 11.5 Å². The Morgan fingerprint density at radius 2 is 1.20 bits per heavy atom. The highest BCUT2D eigenvalue weighted by Crippen LogP contribution is 2.15. The summed E-state index contributed by atoms with van der Waals surface area (Å²) >= 11 is 0. The van der Waals surface area contributed by atoms with Gasteiger partial charge in [-0.15, -0.1) is 0 Å². The Balaban J connectivity index is 2.12. The van der Waals surface area contributed by atoms with Crippen LogP contribution in [0.5, 0.6) is 0 Å². The van der Waals surface area contributed by atoms with E-state index in [4.69, 9.17) is 11.5 Å². The number of hydrogen-bond acceptors (Lipinski definition) is 3. The molecule has 3 nitrogen and oxygen atoms in total. The van der Waals surface area contributed by atoms with Crippen molar-refractivity contribution in [3.05, 3.63) is 0 Å². The number of nitrogens with two attached hydrogens (primary N) is 2. The van der Waals surface area contributed by atoms with Crippen molar-refractivity contribution < 1.29 is 0 Å². The van der Waals surface area contributed by atoms with Crippen molar-refractivity contribution in [3.63, 3.8) is 0 Å². The van der Waals surface area contributed by atoms with Crippen molar-refractivity contribution >= 4 is 0 Å². The van der Waals surface area contributed by atoms with E-state index >= 15 is 0 Å². The molecule has 0 spiro atoms. The predicted octanol–water partition coefficient (Wildman–Crippen LogP) is 3.62. The van der Waals surface area contributed by atoms with Crippen LogP contribution in [0.15, 0.2) is 0 Å². The maximum absolute atomic E-state index is 6.41. The first-order chi connectivity index (χ1) is 9.84. The molecule has 1 atom stereocenters. The molecule has 0 aromatic heterocycles. The van der Waals surface area contributed by atoms with Gasteiger partial charge in [0.1, 0.15) is 0 Å². The first kappa shape index (κ1) is 17.9. The summed E-state index contributed by atoms with van der Waals surface area (Å²) < 4.78 is 0. The van der Waals surface area contributed by atoms with E-state index in [0.29, 0.717) is 6.17 Å². The Morgan fingerprint density at radius 3 is 1.80 bits per heavy atom. The quantitative estimate of drug-likeness (QED) is 0.669. The molecule has 0 aromatic carbocycles. The smallest absolute Gasteiger partial charge is 0.0571 e. The average molecular weight is 284 g/mol. The van der Waals surface area contributed by atoms with Gasteiger partial charge in [-0.1, -0.05) is 57.8 Å². The molecule has 3 heteroatoms. The molecule has 0 saturated carbocycles. The minimum atomic E-state index is 0.295. The topological polar surface area (TPSA) is 55.3 Å². The van der Waals surface area contributed by atoms with Gasteiger partial charge in [-0.3, -0.25) is 4.90 Å². The highest BCUT2D eigenvalue weighted by molar-refractivity contribution is 4.68. The summed E-state index contributed by atoms with van der Waals surface area (Å²) in [5.74, 6) is 0. The third-order valence-corrected chi connectivity index (χ3v) is 4.56. The second kappa shape index (κ2) is 12.6. The van der Waals surface area contributed by atoms with Gasteiger partial charge in [0.05, 0.1) is 6.17 Å². The zero-order valence-electron chi connectivity index (χ0n) is 13.5. The van der Waals surface area contributed by atoms with Gasteiger partial charge in [0.2, 0.25) is 0 Å². The van der Waals surface area contributed by atoms with Gasteiger partial charge in [0, 0.05) is 0 Å². The maximum atomic E-state index is 6.41. The van der Waals surface area contributed by atoms with Crippen molar-refractivity contribution in [1.82, 2.24) is 4.90 Å². The molecule has 0 aromatic rings. The lowest BCUT2D eigenvalue weighted by atomic mass is 10.1.